The molecule has 0 saturated heterocycles. The van der Waals surface area contributed by atoms with E-state index in [4.69, 9.17) is 0 Å². The fourth-order valence-corrected chi connectivity index (χ4v) is 4.68. The van der Waals surface area contributed by atoms with Crippen molar-refractivity contribution < 1.29 is 8.42 Å². The standard InChI is InChI=1S/C12H14BrN3O2S2/c1-8-6-15-12(19-8)16-20(17,18)11-4-3-9(7-14-2)5-10(11)13/h3-6,14H,7H2,1-2H3,(H,15,16). The molecule has 0 atom stereocenters. The molecule has 0 bridgehead atoms. The molecule has 1 heterocycles. The van der Waals surface area contributed by atoms with Gasteiger partial charge in [-0.15, -0.1) is 11.3 Å². The second-order valence-corrected chi connectivity index (χ2v) is 7.92. The third-order valence-corrected chi connectivity index (χ3v) is 5.78. The highest BCUT2D eigenvalue weighted by atomic mass is 79.9. The van der Waals surface area contributed by atoms with Gasteiger partial charge in [0.25, 0.3) is 10.0 Å². The van der Waals surface area contributed by atoms with E-state index >= 15 is 0 Å². The lowest BCUT2D eigenvalue weighted by atomic mass is 10.2. The van der Waals surface area contributed by atoms with Crippen LogP contribution < -0.4 is 10.0 Å². The minimum Gasteiger partial charge on any atom is -0.316 e. The van der Waals surface area contributed by atoms with Crippen LogP contribution in [0, 0.1) is 6.92 Å². The average Bonchev–Trinajstić information content (AvgIpc) is 2.74. The van der Waals surface area contributed by atoms with Crippen molar-refractivity contribution in [3.05, 3.63) is 39.3 Å². The quantitative estimate of drug-likeness (QED) is 0.842. The molecule has 2 N–H and O–H groups in total. The van der Waals surface area contributed by atoms with Crippen LogP contribution in [-0.2, 0) is 16.6 Å². The molecule has 1 aromatic carbocycles. The van der Waals surface area contributed by atoms with Crippen molar-refractivity contribution in [1.29, 1.82) is 0 Å². The highest BCUT2D eigenvalue weighted by molar-refractivity contribution is 9.10. The number of nitrogens with zero attached hydrogens (tertiary/aromatic N) is 1. The highest BCUT2D eigenvalue weighted by Gasteiger charge is 2.19. The Morgan fingerprint density at radius 3 is 2.70 bits per heavy atom. The number of nitrogens with one attached hydrogen (secondary N) is 2. The Kier molecular flexibility index (Phi) is 4.79. The highest BCUT2D eigenvalue weighted by Crippen LogP contribution is 2.26. The normalized spacial score (nSPS) is 11.6. The van der Waals surface area contributed by atoms with E-state index in [9.17, 15) is 8.42 Å². The summed E-state index contributed by atoms with van der Waals surface area (Å²) >= 11 is 4.61. The summed E-state index contributed by atoms with van der Waals surface area (Å²) in [6.45, 7) is 2.55. The number of aromatic nitrogens is 1. The molecule has 0 saturated carbocycles. The first kappa shape index (κ1) is 15.4. The third kappa shape index (κ3) is 3.57. The Labute approximate surface area is 130 Å². The summed E-state index contributed by atoms with van der Waals surface area (Å²) in [4.78, 5) is 5.16. The molecule has 2 rings (SSSR count). The van der Waals surface area contributed by atoms with Gasteiger partial charge < -0.3 is 5.32 Å². The maximum Gasteiger partial charge on any atom is 0.264 e. The predicted octanol–water partition coefficient (Wildman–Crippen LogP) is 2.73. The molecule has 0 amide bonds. The average molecular weight is 376 g/mol. The van der Waals surface area contributed by atoms with Crippen LogP contribution in [0.2, 0.25) is 0 Å². The lowest BCUT2D eigenvalue weighted by Crippen LogP contribution is -2.14. The van der Waals surface area contributed by atoms with Gasteiger partial charge in [-0.25, -0.2) is 13.4 Å². The van der Waals surface area contributed by atoms with Crippen LogP contribution in [0.15, 0.2) is 33.8 Å². The van der Waals surface area contributed by atoms with Gasteiger partial charge in [0.15, 0.2) is 5.13 Å². The van der Waals surface area contributed by atoms with Crippen LogP contribution in [0.5, 0.6) is 0 Å². The predicted molar refractivity (Wildman–Crippen MR) is 84.6 cm³/mol. The SMILES string of the molecule is CNCc1ccc(S(=O)(=O)Nc2ncc(C)s2)c(Br)c1. The smallest absolute Gasteiger partial charge is 0.264 e. The number of hydrogen-bond donors (Lipinski definition) is 2. The molecule has 1 aromatic heterocycles. The van der Waals surface area contributed by atoms with E-state index in [1.807, 2.05) is 14.0 Å². The largest absolute Gasteiger partial charge is 0.316 e. The lowest BCUT2D eigenvalue weighted by Gasteiger charge is -2.09. The second-order valence-electron chi connectivity index (χ2n) is 4.18. The maximum atomic E-state index is 12.3. The van der Waals surface area contributed by atoms with Gasteiger partial charge in [0.05, 0.1) is 0 Å². The molecule has 20 heavy (non-hydrogen) atoms. The summed E-state index contributed by atoms with van der Waals surface area (Å²) in [6, 6.07) is 5.15. The third-order valence-electron chi connectivity index (χ3n) is 2.51. The van der Waals surface area contributed by atoms with E-state index in [0.29, 0.717) is 16.1 Å². The number of sulfonamides is 1. The molecule has 0 aliphatic rings. The van der Waals surface area contributed by atoms with Gasteiger partial charge >= 0.3 is 0 Å². The molecule has 0 aliphatic heterocycles. The van der Waals surface area contributed by atoms with Gasteiger partial charge in [-0.2, -0.15) is 0 Å². The molecule has 0 unspecified atom stereocenters. The first-order valence-corrected chi connectivity index (χ1v) is 8.90. The van der Waals surface area contributed by atoms with Crippen molar-refractivity contribution in [2.45, 2.75) is 18.4 Å². The van der Waals surface area contributed by atoms with Crippen LogP contribution in [-0.4, -0.2) is 20.4 Å². The fraction of sp³-hybridized carbons (Fsp3) is 0.250. The number of anilines is 1. The van der Waals surface area contributed by atoms with Crippen LogP contribution in [0.25, 0.3) is 0 Å². The van der Waals surface area contributed by atoms with Gasteiger partial charge in [0.2, 0.25) is 0 Å². The first-order valence-electron chi connectivity index (χ1n) is 5.80. The first-order chi connectivity index (χ1) is 9.42. The molecular formula is C12H14BrN3O2S2. The summed E-state index contributed by atoms with van der Waals surface area (Å²) in [7, 11) is -1.79. The number of aryl methyl sites for hydroxylation is 1. The number of hydrogen-bond acceptors (Lipinski definition) is 5. The van der Waals surface area contributed by atoms with Crippen molar-refractivity contribution in [1.82, 2.24) is 10.3 Å². The zero-order valence-corrected chi connectivity index (χ0v) is 14.2. The Balaban J connectivity index is 2.29. The van der Waals surface area contributed by atoms with Crippen molar-refractivity contribution >= 4 is 42.4 Å². The Morgan fingerprint density at radius 1 is 1.40 bits per heavy atom. The molecule has 0 aliphatic carbocycles. The van der Waals surface area contributed by atoms with Crippen molar-refractivity contribution in [3.8, 4) is 0 Å². The van der Waals surface area contributed by atoms with Crippen molar-refractivity contribution in [3.63, 3.8) is 0 Å². The van der Waals surface area contributed by atoms with Gasteiger partial charge in [-0.3, -0.25) is 4.72 Å². The Hall–Kier alpha value is -0.960. The number of halogens is 1. The van der Waals surface area contributed by atoms with Crippen LogP contribution >= 0.6 is 27.3 Å². The summed E-state index contributed by atoms with van der Waals surface area (Å²) < 4.78 is 27.6. The van der Waals surface area contributed by atoms with Crippen molar-refractivity contribution in [2.75, 3.05) is 11.8 Å². The van der Waals surface area contributed by atoms with Gasteiger partial charge in [0, 0.05) is 22.1 Å². The minimum absolute atomic E-state index is 0.199. The molecule has 108 valence electrons. The van der Waals surface area contributed by atoms with E-state index < -0.39 is 10.0 Å². The van der Waals surface area contributed by atoms with E-state index in [1.165, 1.54) is 11.3 Å². The molecule has 0 radical (unpaired) electrons. The molecular weight excluding hydrogens is 362 g/mol. The molecule has 2 aromatic rings. The molecule has 8 heteroatoms. The van der Waals surface area contributed by atoms with Crippen molar-refractivity contribution in [2.24, 2.45) is 0 Å². The summed E-state index contributed by atoms with van der Waals surface area (Å²) in [5.41, 5.74) is 1.00. The Bertz CT molecular complexity index is 713. The topological polar surface area (TPSA) is 71.1 Å². The summed E-state index contributed by atoms with van der Waals surface area (Å²) in [6.07, 6.45) is 1.63. The number of thiazole rings is 1. The Morgan fingerprint density at radius 2 is 2.15 bits per heavy atom. The van der Waals surface area contributed by atoms with E-state index in [1.54, 1.807) is 24.4 Å². The van der Waals surface area contributed by atoms with Gasteiger partial charge in [0.1, 0.15) is 4.90 Å². The summed E-state index contributed by atoms with van der Waals surface area (Å²) in [5, 5.41) is 3.39. The van der Waals surface area contributed by atoms with Gasteiger partial charge in [-0.05, 0) is 47.6 Å². The van der Waals surface area contributed by atoms with E-state index in [-0.39, 0.29) is 4.90 Å². The number of benzene rings is 1. The van der Waals surface area contributed by atoms with E-state index in [0.717, 1.165) is 10.4 Å². The zero-order chi connectivity index (χ0) is 14.8. The minimum atomic E-state index is -3.63. The molecule has 0 fully saturated rings. The molecule has 5 nitrogen and oxygen atoms in total. The second kappa shape index (κ2) is 6.21. The monoisotopic (exact) mass is 375 g/mol. The molecule has 0 spiro atoms. The van der Waals surface area contributed by atoms with Crippen LogP contribution in [0.4, 0.5) is 5.13 Å². The van der Waals surface area contributed by atoms with Crippen LogP contribution in [0.1, 0.15) is 10.4 Å². The lowest BCUT2D eigenvalue weighted by molar-refractivity contribution is 0.600. The maximum absolute atomic E-state index is 12.3. The summed E-state index contributed by atoms with van der Waals surface area (Å²) in [5.74, 6) is 0. The van der Waals surface area contributed by atoms with Crippen LogP contribution in [0.3, 0.4) is 0 Å². The van der Waals surface area contributed by atoms with E-state index in [2.05, 4.69) is 31.0 Å². The zero-order valence-electron chi connectivity index (χ0n) is 11.0. The fourth-order valence-electron chi connectivity index (χ4n) is 1.65. The van der Waals surface area contributed by atoms with Gasteiger partial charge in [-0.1, -0.05) is 6.07 Å². The number of rotatable bonds is 5.